The zero-order chi connectivity index (χ0) is 22.4. The van der Waals surface area contributed by atoms with E-state index >= 15 is 0 Å². The third kappa shape index (κ3) is 4.88. The monoisotopic (exact) mass is 447 g/mol. The number of halogens is 2. The molecule has 0 unspecified atom stereocenters. The summed E-state index contributed by atoms with van der Waals surface area (Å²) in [5.41, 5.74) is -0.643. The van der Waals surface area contributed by atoms with Crippen LogP contribution >= 0.6 is 11.6 Å². The Bertz CT molecular complexity index is 982. The van der Waals surface area contributed by atoms with Crippen LogP contribution in [-0.4, -0.2) is 42.8 Å². The van der Waals surface area contributed by atoms with Crippen LogP contribution in [-0.2, 0) is 24.7 Å². The molecule has 0 radical (unpaired) electrons. The van der Waals surface area contributed by atoms with Crippen LogP contribution in [0.3, 0.4) is 0 Å². The molecule has 1 aliphatic rings. The van der Waals surface area contributed by atoms with Crippen molar-refractivity contribution in [1.82, 2.24) is 4.90 Å². The maximum atomic E-state index is 13.6. The Balaban J connectivity index is 1.68. The highest BCUT2D eigenvalue weighted by Gasteiger charge is 2.47. The zero-order valence-corrected chi connectivity index (χ0v) is 17.9. The average Bonchev–Trinajstić information content (AvgIpc) is 2.77. The van der Waals surface area contributed by atoms with Gasteiger partial charge in [0.25, 0.3) is 5.91 Å². The number of rotatable bonds is 7. The molecule has 0 aromatic heterocycles. The molecule has 0 aliphatic heterocycles. The number of para-hydroxylation sites is 1. The molecule has 1 amide bonds. The predicted octanol–water partition coefficient (Wildman–Crippen LogP) is 3.90. The number of nitrogens with zero attached hydrogens (tertiary/aromatic N) is 1. The summed E-state index contributed by atoms with van der Waals surface area (Å²) in [6.07, 6.45) is 2.27. The maximum absolute atomic E-state index is 13.6. The molecule has 164 valence electrons. The second-order valence-electron chi connectivity index (χ2n) is 7.30. The summed E-state index contributed by atoms with van der Waals surface area (Å²) in [7, 11) is 1.51. The van der Waals surface area contributed by atoms with E-state index in [-0.39, 0.29) is 11.5 Å². The molecule has 6 nitrogen and oxygen atoms in total. The summed E-state index contributed by atoms with van der Waals surface area (Å²) >= 11 is 6.38. The van der Waals surface area contributed by atoms with Crippen molar-refractivity contribution in [1.29, 1.82) is 0 Å². The molecule has 1 saturated carbocycles. The highest BCUT2D eigenvalue weighted by atomic mass is 35.5. The van der Waals surface area contributed by atoms with Gasteiger partial charge in [0.1, 0.15) is 5.54 Å². The molecule has 0 N–H and O–H groups in total. The van der Waals surface area contributed by atoms with E-state index in [4.69, 9.17) is 21.1 Å². The number of hydrogen-bond acceptors (Lipinski definition) is 5. The van der Waals surface area contributed by atoms with Gasteiger partial charge in [0, 0.05) is 24.1 Å². The van der Waals surface area contributed by atoms with Gasteiger partial charge in [-0.25, -0.2) is 9.18 Å². The third-order valence-electron chi connectivity index (χ3n) is 5.46. The largest absolute Gasteiger partial charge is 0.479 e. The number of esters is 1. The zero-order valence-electron chi connectivity index (χ0n) is 17.1. The van der Waals surface area contributed by atoms with Crippen molar-refractivity contribution in [2.24, 2.45) is 0 Å². The molecule has 31 heavy (non-hydrogen) atoms. The number of likely N-dealkylation sites (N-methyl/N-ethyl adjacent to an activating group) is 1. The van der Waals surface area contributed by atoms with Gasteiger partial charge in [0.05, 0.1) is 0 Å². The van der Waals surface area contributed by atoms with E-state index in [0.717, 1.165) is 12.8 Å². The number of hydrogen-bond donors (Lipinski definition) is 0. The molecule has 2 aromatic rings. The molecule has 1 fully saturated rings. The van der Waals surface area contributed by atoms with E-state index in [9.17, 15) is 18.8 Å². The summed E-state index contributed by atoms with van der Waals surface area (Å²) < 4.78 is 23.6. The molecule has 2 aromatic carbocycles. The molecule has 0 heterocycles. The van der Waals surface area contributed by atoms with Gasteiger partial charge in [-0.15, -0.1) is 0 Å². The number of ether oxygens (including phenoxy) is 2. The summed E-state index contributed by atoms with van der Waals surface area (Å²) in [5.74, 6) is -2.17. The van der Waals surface area contributed by atoms with Gasteiger partial charge in [0.2, 0.25) is 0 Å². The Morgan fingerprint density at radius 3 is 2.52 bits per heavy atom. The van der Waals surface area contributed by atoms with Gasteiger partial charge in [0.15, 0.2) is 30.6 Å². The number of carbonyl (C=O) groups excluding carboxylic acids is 3. The van der Waals surface area contributed by atoms with E-state index in [1.165, 1.54) is 30.1 Å². The quantitative estimate of drug-likeness (QED) is 0.602. The smallest absolute Gasteiger partial charge is 0.344 e. The second-order valence-corrected chi connectivity index (χ2v) is 7.71. The highest BCUT2D eigenvalue weighted by molar-refractivity contribution is 6.31. The first-order chi connectivity index (χ1) is 14.9. The van der Waals surface area contributed by atoms with Gasteiger partial charge in [-0.05, 0) is 37.5 Å². The lowest BCUT2D eigenvalue weighted by atomic mass is 9.74. The first-order valence-electron chi connectivity index (χ1n) is 9.94. The van der Waals surface area contributed by atoms with Crippen LogP contribution in [0.1, 0.15) is 31.2 Å². The fourth-order valence-electron chi connectivity index (χ4n) is 3.82. The van der Waals surface area contributed by atoms with Crippen LogP contribution in [0.5, 0.6) is 5.75 Å². The fraction of sp³-hybridized carbons (Fsp3) is 0.348. The van der Waals surface area contributed by atoms with Crippen LogP contribution in [0, 0.1) is 5.82 Å². The summed E-state index contributed by atoms with van der Waals surface area (Å²) in [4.78, 5) is 39.2. The van der Waals surface area contributed by atoms with E-state index in [0.29, 0.717) is 23.4 Å². The van der Waals surface area contributed by atoms with E-state index in [1.54, 1.807) is 30.3 Å². The average molecular weight is 448 g/mol. The minimum atomic E-state index is -1.20. The Morgan fingerprint density at radius 1 is 1.10 bits per heavy atom. The first-order valence-corrected chi connectivity index (χ1v) is 10.3. The highest BCUT2D eigenvalue weighted by Crippen LogP contribution is 2.42. The lowest BCUT2D eigenvalue weighted by Gasteiger charge is -2.43. The third-order valence-corrected chi connectivity index (χ3v) is 5.79. The lowest BCUT2D eigenvalue weighted by molar-refractivity contribution is -0.158. The minimum Gasteiger partial charge on any atom is -0.479 e. The van der Waals surface area contributed by atoms with Gasteiger partial charge in [-0.2, -0.15) is 0 Å². The molecule has 0 saturated heterocycles. The molecule has 8 heteroatoms. The van der Waals surface area contributed by atoms with Crippen LogP contribution in [0.25, 0.3) is 0 Å². The summed E-state index contributed by atoms with van der Waals surface area (Å²) in [6.45, 7) is -1.12. The molecular formula is C23H23ClFNO5. The van der Waals surface area contributed by atoms with Gasteiger partial charge in [-0.1, -0.05) is 41.9 Å². The SMILES string of the molecule is CN(C(=O)COC(=O)COc1ccccc1F)[C@]1(c2ccccc2Cl)CCCCC1=O. The lowest BCUT2D eigenvalue weighted by Crippen LogP contribution is -2.55. The van der Waals surface area contributed by atoms with Crippen LogP contribution in [0.4, 0.5) is 4.39 Å². The normalized spacial score (nSPS) is 18.4. The molecule has 0 bridgehead atoms. The number of Topliss-reactive ketones (excluding diaryl/α,β-unsaturated/α-hetero) is 1. The number of benzene rings is 2. The Hall–Kier alpha value is -2.93. The molecule has 0 spiro atoms. The van der Waals surface area contributed by atoms with Crippen molar-refractivity contribution in [3.05, 3.63) is 64.9 Å². The van der Waals surface area contributed by atoms with Crippen molar-refractivity contribution < 1.29 is 28.2 Å². The van der Waals surface area contributed by atoms with Crippen molar-refractivity contribution in [2.75, 3.05) is 20.3 Å². The number of carbonyl (C=O) groups is 3. The standard InChI is InChI=1S/C23H23ClFNO5/c1-26(21(28)14-31-22(29)15-30-19-11-5-4-10-18(19)25)23(13-7-6-12-20(23)27)16-8-2-3-9-17(16)24/h2-5,8-11H,6-7,12-15H2,1H3/t23-/m0/s1. The van der Waals surface area contributed by atoms with Crippen molar-refractivity contribution in [3.8, 4) is 5.75 Å². The maximum Gasteiger partial charge on any atom is 0.344 e. The topological polar surface area (TPSA) is 72.9 Å². The van der Waals surface area contributed by atoms with Gasteiger partial charge in [-0.3, -0.25) is 9.59 Å². The number of amides is 1. The summed E-state index contributed by atoms with van der Waals surface area (Å²) in [6, 6.07) is 12.6. The van der Waals surface area contributed by atoms with Crippen molar-refractivity contribution >= 4 is 29.3 Å². The van der Waals surface area contributed by atoms with Crippen LogP contribution < -0.4 is 4.74 Å². The Kier molecular flexibility index (Phi) is 7.28. The fourth-order valence-corrected chi connectivity index (χ4v) is 4.11. The van der Waals surface area contributed by atoms with Crippen LogP contribution in [0.15, 0.2) is 48.5 Å². The first kappa shape index (κ1) is 22.7. The molecule has 1 aliphatic carbocycles. The number of ketones is 1. The van der Waals surface area contributed by atoms with Gasteiger partial charge < -0.3 is 14.4 Å². The molecule has 1 atom stereocenters. The van der Waals surface area contributed by atoms with Crippen molar-refractivity contribution in [3.63, 3.8) is 0 Å². The minimum absolute atomic E-state index is 0.0895. The molecule has 3 rings (SSSR count). The summed E-state index contributed by atoms with van der Waals surface area (Å²) in [5, 5.41) is 0.396. The predicted molar refractivity (Wildman–Crippen MR) is 112 cm³/mol. The Labute approximate surface area is 184 Å². The molecular weight excluding hydrogens is 425 g/mol. The Morgan fingerprint density at radius 2 is 1.81 bits per heavy atom. The van der Waals surface area contributed by atoms with E-state index in [1.807, 2.05) is 0 Å². The second kappa shape index (κ2) is 9.92. The van der Waals surface area contributed by atoms with Gasteiger partial charge >= 0.3 is 5.97 Å². The van der Waals surface area contributed by atoms with E-state index in [2.05, 4.69) is 0 Å². The van der Waals surface area contributed by atoms with Crippen LogP contribution in [0.2, 0.25) is 5.02 Å². The van der Waals surface area contributed by atoms with Crippen molar-refractivity contribution in [2.45, 2.75) is 31.2 Å². The van der Waals surface area contributed by atoms with E-state index < -0.39 is 36.4 Å².